The van der Waals surface area contributed by atoms with Crippen LogP contribution in [-0.2, 0) is 14.8 Å². The van der Waals surface area contributed by atoms with Gasteiger partial charge in [-0.15, -0.1) is 0 Å². The topological polar surface area (TPSA) is 60.9 Å². The van der Waals surface area contributed by atoms with E-state index < -0.39 is 10.0 Å². The molecule has 3 rings (SSSR count). The number of carbonyl (C=O) groups is 1. The summed E-state index contributed by atoms with van der Waals surface area (Å²) in [4.78, 5) is 17.3. The molecule has 1 amide bonds. The minimum absolute atomic E-state index is 0.0696. The average Bonchev–Trinajstić information content (AvgIpc) is 2.68. The third kappa shape index (κ3) is 4.22. The second kappa shape index (κ2) is 8.25. The quantitative estimate of drug-likeness (QED) is 0.775. The Kier molecular flexibility index (Phi) is 6.22. The van der Waals surface area contributed by atoms with Gasteiger partial charge in [0.05, 0.1) is 4.90 Å². The van der Waals surface area contributed by atoms with Gasteiger partial charge < -0.3 is 9.80 Å². The van der Waals surface area contributed by atoms with Gasteiger partial charge in [0, 0.05) is 50.2 Å². The number of hydrogen-bond acceptors (Lipinski definition) is 4. The number of halogens is 1. The van der Waals surface area contributed by atoms with Gasteiger partial charge in [-0.25, -0.2) is 8.42 Å². The zero-order valence-corrected chi connectivity index (χ0v) is 16.7. The van der Waals surface area contributed by atoms with Gasteiger partial charge in [-0.05, 0) is 43.7 Å². The van der Waals surface area contributed by atoms with E-state index in [0.717, 1.165) is 32.7 Å². The molecule has 2 fully saturated rings. The number of sulfonamides is 1. The number of likely N-dealkylation sites (N-methyl/N-ethyl adjacent to an activating group) is 1. The maximum atomic E-state index is 12.7. The van der Waals surface area contributed by atoms with E-state index in [1.807, 2.05) is 4.90 Å². The molecular formula is C18H26ClN3O3S. The summed E-state index contributed by atoms with van der Waals surface area (Å²) in [6.07, 6.45) is 1.17. The lowest BCUT2D eigenvalue weighted by Gasteiger charge is -2.38. The van der Waals surface area contributed by atoms with Crippen molar-refractivity contribution < 1.29 is 13.2 Å². The molecule has 1 aromatic carbocycles. The molecule has 0 bridgehead atoms. The first kappa shape index (κ1) is 19.6. The number of hydrogen-bond donors (Lipinski definition) is 0. The molecule has 0 spiro atoms. The molecule has 0 aromatic heterocycles. The molecule has 2 heterocycles. The van der Waals surface area contributed by atoms with Crippen LogP contribution in [0.25, 0.3) is 0 Å². The molecular weight excluding hydrogens is 374 g/mol. The lowest BCUT2D eigenvalue weighted by Crippen LogP contribution is -2.51. The summed E-state index contributed by atoms with van der Waals surface area (Å²) in [6, 6.07) is 6.23. The molecule has 0 atom stereocenters. The number of amides is 1. The molecule has 0 unspecified atom stereocenters. The van der Waals surface area contributed by atoms with Crippen molar-refractivity contribution >= 4 is 27.5 Å². The van der Waals surface area contributed by atoms with Gasteiger partial charge >= 0.3 is 0 Å². The summed E-state index contributed by atoms with van der Waals surface area (Å²) in [6.45, 7) is 7.31. The van der Waals surface area contributed by atoms with Crippen LogP contribution in [0.15, 0.2) is 29.2 Å². The zero-order valence-electron chi connectivity index (χ0n) is 15.1. The van der Waals surface area contributed by atoms with E-state index in [1.54, 1.807) is 12.1 Å². The molecule has 6 nitrogen and oxygen atoms in total. The van der Waals surface area contributed by atoms with Gasteiger partial charge in [-0.1, -0.05) is 18.5 Å². The fourth-order valence-electron chi connectivity index (χ4n) is 3.64. The minimum Gasteiger partial charge on any atom is -0.340 e. The van der Waals surface area contributed by atoms with E-state index in [9.17, 15) is 13.2 Å². The number of benzene rings is 1. The largest absolute Gasteiger partial charge is 0.340 e. The van der Waals surface area contributed by atoms with E-state index in [1.165, 1.54) is 16.4 Å². The first-order valence-electron chi connectivity index (χ1n) is 9.18. The first-order valence-corrected chi connectivity index (χ1v) is 11.0. The molecule has 144 valence electrons. The summed E-state index contributed by atoms with van der Waals surface area (Å²) in [5.74, 6) is 0.115. The maximum absolute atomic E-state index is 12.7. The summed E-state index contributed by atoms with van der Waals surface area (Å²) in [7, 11) is -3.52. The van der Waals surface area contributed by atoms with E-state index >= 15 is 0 Å². The van der Waals surface area contributed by atoms with Crippen molar-refractivity contribution in [3.05, 3.63) is 29.3 Å². The maximum Gasteiger partial charge on any atom is 0.243 e. The Morgan fingerprint density at radius 3 is 2.15 bits per heavy atom. The SMILES string of the molecule is CCN1CCN(C(=O)C2CCN(S(=O)(=O)c3ccc(Cl)cc3)CC2)CC1. The smallest absolute Gasteiger partial charge is 0.243 e. The molecule has 2 aliphatic rings. The standard InChI is InChI=1S/C18H26ClN3O3S/c1-2-20-11-13-21(14-12-20)18(23)15-7-9-22(10-8-15)26(24,25)17-5-3-16(19)4-6-17/h3-6,15H,2,7-14H2,1H3. The second-order valence-corrected chi connectivity index (χ2v) is 9.27. The van der Waals surface area contributed by atoms with Crippen molar-refractivity contribution in [1.82, 2.24) is 14.1 Å². The molecule has 0 saturated carbocycles. The Morgan fingerprint density at radius 2 is 1.62 bits per heavy atom. The monoisotopic (exact) mass is 399 g/mol. The van der Waals surface area contributed by atoms with E-state index in [4.69, 9.17) is 11.6 Å². The Morgan fingerprint density at radius 1 is 1.04 bits per heavy atom. The van der Waals surface area contributed by atoms with Crippen LogP contribution in [0.5, 0.6) is 0 Å². The Balaban J connectivity index is 1.57. The number of piperidine rings is 1. The minimum atomic E-state index is -3.52. The molecule has 2 saturated heterocycles. The normalized spacial score (nSPS) is 21.1. The lowest BCUT2D eigenvalue weighted by molar-refractivity contribution is -0.138. The van der Waals surface area contributed by atoms with Gasteiger partial charge in [-0.2, -0.15) is 4.31 Å². The van der Waals surface area contributed by atoms with Gasteiger partial charge in [0.1, 0.15) is 0 Å². The number of piperazine rings is 1. The van der Waals surface area contributed by atoms with Crippen molar-refractivity contribution in [1.29, 1.82) is 0 Å². The second-order valence-electron chi connectivity index (χ2n) is 6.89. The van der Waals surface area contributed by atoms with E-state index in [-0.39, 0.29) is 16.7 Å². The molecule has 0 N–H and O–H groups in total. The van der Waals surface area contributed by atoms with Crippen molar-refractivity contribution in [3.8, 4) is 0 Å². The molecule has 8 heteroatoms. The van der Waals surface area contributed by atoms with Crippen LogP contribution >= 0.6 is 11.6 Å². The van der Waals surface area contributed by atoms with Gasteiger partial charge in [-0.3, -0.25) is 4.79 Å². The summed E-state index contributed by atoms with van der Waals surface area (Å²) >= 11 is 5.84. The van der Waals surface area contributed by atoms with Crippen molar-refractivity contribution in [2.75, 3.05) is 45.8 Å². The number of rotatable bonds is 4. The highest BCUT2D eigenvalue weighted by atomic mass is 35.5. The predicted octanol–water partition coefficient (Wildman–Crippen LogP) is 1.90. The van der Waals surface area contributed by atoms with Gasteiger partial charge in [0.25, 0.3) is 0 Å². The highest BCUT2D eigenvalue weighted by molar-refractivity contribution is 7.89. The first-order chi connectivity index (χ1) is 12.4. The molecule has 2 aliphatic heterocycles. The Bertz CT molecular complexity index is 723. The summed E-state index contributed by atoms with van der Waals surface area (Å²) in [5.41, 5.74) is 0. The number of carbonyl (C=O) groups excluding carboxylic acids is 1. The summed E-state index contributed by atoms with van der Waals surface area (Å²) < 4.78 is 26.9. The third-order valence-electron chi connectivity index (χ3n) is 5.39. The van der Waals surface area contributed by atoms with Crippen LogP contribution in [0.3, 0.4) is 0 Å². The van der Waals surface area contributed by atoms with Crippen LogP contribution in [0.1, 0.15) is 19.8 Å². The Hall–Kier alpha value is -1.15. The Labute approximate surface area is 160 Å². The third-order valence-corrected chi connectivity index (χ3v) is 7.55. The highest BCUT2D eigenvalue weighted by Crippen LogP contribution is 2.26. The van der Waals surface area contributed by atoms with Crippen LogP contribution in [0.4, 0.5) is 0 Å². The summed E-state index contributed by atoms with van der Waals surface area (Å²) in [5, 5.41) is 0.511. The average molecular weight is 400 g/mol. The zero-order chi connectivity index (χ0) is 18.7. The van der Waals surface area contributed by atoms with Crippen LogP contribution in [0.2, 0.25) is 5.02 Å². The predicted molar refractivity (Wildman–Crippen MR) is 102 cm³/mol. The number of nitrogens with zero attached hydrogens (tertiary/aromatic N) is 3. The van der Waals surface area contributed by atoms with Crippen LogP contribution in [-0.4, -0.2) is 74.2 Å². The van der Waals surface area contributed by atoms with E-state index in [2.05, 4.69) is 11.8 Å². The molecule has 0 aliphatic carbocycles. The van der Waals surface area contributed by atoms with Crippen molar-refractivity contribution in [2.45, 2.75) is 24.7 Å². The van der Waals surface area contributed by atoms with E-state index in [0.29, 0.717) is 31.0 Å². The van der Waals surface area contributed by atoms with Crippen LogP contribution in [0, 0.1) is 5.92 Å². The van der Waals surface area contributed by atoms with Gasteiger partial charge in [0.2, 0.25) is 15.9 Å². The molecule has 1 aromatic rings. The molecule has 26 heavy (non-hydrogen) atoms. The lowest BCUT2D eigenvalue weighted by atomic mass is 9.96. The van der Waals surface area contributed by atoms with Crippen LogP contribution < -0.4 is 0 Å². The molecule has 0 radical (unpaired) electrons. The van der Waals surface area contributed by atoms with Crippen molar-refractivity contribution in [2.24, 2.45) is 5.92 Å². The fourth-order valence-corrected chi connectivity index (χ4v) is 5.24. The highest BCUT2D eigenvalue weighted by Gasteiger charge is 2.34. The van der Waals surface area contributed by atoms with Crippen molar-refractivity contribution in [3.63, 3.8) is 0 Å². The van der Waals surface area contributed by atoms with Gasteiger partial charge in [0.15, 0.2) is 0 Å². The fraction of sp³-hybridized carbons (Fsp3) is 0.611.